The topological polar surface area (TPSA) is 114 Å². The van der Waals surface area contributed by atoms with Gasteiger partial charge in [-0.3, -0.25) is 19.2 Å². The van der Waals surface area contributed by atoms with Crippen LogP contribution in [0.2, 0.25) is 0 Å². The molecule has 1 rings (SSSR count). The second kappa shape index (κ2) is 13.4. The Morgan fingerprint density at radius 1 is 0.688 bits per heavy atom. The van der Waals surface area contributed by atoms with Crippen molar-refractivity contribution in [3.05, 3.63) is 0 Å². The highest BCUT2D eigenvalue weighted by Gasteiger charge is 2.61. The first kappa shape index (κ1) is 27.9. The molecule has 0 aromatic carbocycles. The zero-order valence-electron chi connectivity index (χ0n) is 20.1. The fraction of sp³-hybridized carbons (Fsp3) is 0.826. The van der Waals surface area contributed by atoms with Gasteiger partial charge in [0, 0.05) is 25.7 Å². The Morgan fingerprint density at radius 2 is 1.09 bits per heavy atom. The van der Waals surface area contributed by atoms with E-state index in [-0.39, 0.29) is 25.7 Å². The van der Waals surface area contributed by atoms with E-state index in [2.05, 4.69) is 0 Å². The zero-order valence-corrected chi connectivity index (χ0v) is 20.1. The first-order valence-electron chi connectivity index (χ1n) is 11.6. The first-order valence-corrected chi connectivity index (χ1v) is 11.6. The standard InChI is InChI=1S/C23H38O9/c1-7-11-16(24)29-20-15(5)28-22(31-18(26)13-9-3)21(30-17(25)12-8-2)23(20,6)32-19(27)14-10-4/h15,20-22H,7-14H2,1-6H3/t15-,20+,21+,22?,23-/m0/s1. The molecule has 0 aromatic heterocycles. The lowest BCUT2D eigenvalue weighted by Gasteiger charge is -2.49. The van der Waals surface area contributed by atoms with Crippen molar-refractivity contribution in [1.82, 2.24) is 0 Å². The molecule has 1 unspecified atom stereocenters. The summed E-state index contributed by atoms with van der Waals surface area (Å²) in [6, 6.07) is 0. The van der Waals surface area contributed by atoms with E-state index < -0.39 is 54.1 Å². The van der Waals surface area contributed by atoms with Crippen molar-refractivity contribution in [3.8, 4) is 0 Å². The van der Waals surface area contributed by atoms with Crippen LogP contribution in [0.4, 0.5) is 0 Å². The van der Waals surface area contributed by atoms with Gasteiger partial charge in [-0.05, 0) is 39.5 Å². The van der Waals surface area contributed by atoms with Gasteiger partial charge in [-0.25, -0.2) is 0 Å². The van der Waals surface area contributed by atoms with Gasteiger partial charge in [-0.15, -0.1) is 0 Å². The molecule has 5 atom stereocenters. The molecule has 9 heteroatoms. The maximum atomic E-state index is 12.5. The van der Waals surface area contributed by atoms with Crippen molar-refractivity contribution >= 4 is 23.9 Å². The summed E-state index contributed by atoms with van der Waals surface area (Å²) in [6.45, 7) is 10.4. The molecule has 0 radical (unpaired) electrons. The first-order chi connectivity index (χ1) is 15.1. The van der Waals surface area contributed by atoms with Crippen LogP contribution in [0.3, 0.4) is 0 Å². The lowest BCUT2D eigenvalue weighted by Crippen LogP contribution is -2.68. The maximum absolute atomic E-state index is 12.5. The molecular weight excluding hydrogens is 420 g/mol. The fourth-order valence-electron chi connectivity index (χ4n) is 3.55. The van der Waals surface area contributed by atoms with Crippen molar-refractivity contribution in [2.75, 3.05) is 0 Å². The summed E-state index contributed by atoms with van der Waals surface area (Å²) in [4.78, 5) is 49.5. The summed E-state index contributed by atoms with van der Waals surface area (Å²) in [5.41, 5.74) is -1.62. The van der Waals surface area contributed by atoms with Crippen LogP contribution in [0.25, 0.3) is 0 Å². The van der Waals surface area contributed by atoms with Crippen molar-refractivity contribution in [2.45, 2.75) is 123 Å². The van der Waals surface area contributed by atoms with E-state index >= 15 is 0 Å². The molecule has 32 heavy (non-hydrogen) atoms. The minimum absolute atomic E-state index is 0.112. The summed E-state index contributed by atoms with van der Waals surface area (Å²) in [5.74, 6) is -2.14. The number of hydrogen-bond donors (Lipinski definition) is 0. The van der Waals surface area contributed by atoms with Crippen LogP contribution >= 0.6 is 0 Å². The molecule has 0 N–H and O–H groups in total. The Balaban J connectivity index is 3.40. The van der Waals surface area contributed by atoms with Gasteiger partial charge in [-0.2, -0.15) is 0 Å². The van der Waals surface area contributed by atoms with E-state index in [4.69, 9.17) is 23.7 Å². The van der Waals surface area contributed by atoms with Gasteiger partial charge in [0.15, 0.2) is 11.7 Å². The largest absolute Gasteiger partial charge is 0.455 e. The molecule has 0 spiro atoms. The summed E-state index contributed by atoms with van der Waals surface area (Å²) in [7, 11) is 0. The predicted octanol–water partition coefficient (Wildman–Crippen LogP) is 3.60. The minimum atomic E-state index is -1.62. The van der Waals surface area contributed by atoms with Crippen LogP contribution in [0.5, 0.6) is 0 Å². The molecule has 1 fully saturated rings. The van der Waals surface area contributed by atoms with Gasteiger partial charge in [0.05, 0.1) is 0 Å². The van der Waals surface area contributed by atoms with Gasteiger partial charge in [0.2, 0.25) is 12.4 Å². The molecule has 0 bridgehead atoms. The van der Waals surface area contributed by atoms with E-state index in [1.807, 2.05) is 27.7 Å². The molecule has 1 saturated heterocycles. The Hall–Kier alpha value is -2.16. The van der Waals surface area contributed by atoms with Gasteiger partial charge < -0.3 is 23.7 Å². The summed E-state index contributed by atoms with van der Waals surface area (Å²) >= 11 is 0. The van der Waals surface area contributed by atoms with Crippen LogP contribution in [-0.4, -0.2) is 54.1 Å². The molecule has 184 valence electrons. The highest BCUT2D eigenvalue weighted by atomic mass is 16.7. The normalized spacial score (nSPS) is 27.3. The number of carbonyl (C=O) groups is 4. The minimum Gasteiger partial charge on any atom is -0.455 e. The zero-order chi connectivity index (χ0) is 24.3. The van der Waals surface area contributed by atoms with Gasteiger partial charge in [0.25, 0.3) is 0 Å². The molecule has 0 aromatic rings. The monoisotopic (exact) mass is 458 g/mol. The second-order valence-electron chi connectivity index (χ2n) is 8.18. The number of ether oxygens (including phenoxy) is 5. The number of esters is 4. The molecular formula is C23H38O9. The Labute approximate surface area is 190 Å². The van der Waals surface area contributed by atoms with E-state index in [9.17, 15) is 19.2 Å². The van der Waals surface area contributed by atoms with Crippen molar-refractivity contribution in [3.63, 3.8) is 0 Å². The Morgan fingerprint density at radius 3 is 1.56 bits per heavy atom. The van der Waals surface area contributed by atoms with Crippen LogP contribution in [-0.2, 0) is 42.9 Å². The third-order valence-electron chi connectivity index (χ3n) is 5.07. The van der Waals surface area contributed by atoms with Gasteiger partial charge in [-0.1, -0.05) is 27.7 Å². The average Bonchev–Trinajstić information content (AvgIpc) is 2.69. The third-order valence-corrected chi connectivity index (χ3v) is 5.07. The molecule has 1 heterocycles. The highest BCUT2D eigenvalue weighted by Crippen LogP contribution is 2.38. The fourth-order valence-corrected chi connectivity index (χ4v) is 3.55. The Kier molecular flexibility index (Phi) is 11.7. The van der Waals surface area contributed by atoms with E-state index in [1.54, 1.807) is 6.92 Å². The average molecular weight is 459 g/mol. The predicted molar refractivity (Wildman–Crippen MR) is 114 cm³/mol. The van der Waals surface area contributed by atoms with E-state index in [0.717, 1.165) is 0 Å². The van der Waals surface area contributed by atoms with Crippen LogP contribution < -0.4 is 0 Å². The van der Waals surface area contributed by atoms with E-state index in [0.29, 0.717) is 25.7 Å². The Bertz CT molecular complexity index is 647. The summed E-state index contributed by atoms with van der Waals surface area (Å²) in [5, 5.41) is 0. The van der Waals surface area contributed by atoms with Crippen molar-refractivity contribution < 1.29 is 42.9 Å². The quantitative estimate of drug-likeness (QED) is 0.319. The number of hydrogen-bond acceptors (Lipinski definition) is 9. The van der Waals surface area contributed by atoms with Crippen LogP contribution in [0.15, 0.2) is 0 Å². The number of carbonyl (C=O) groups excluding carboxylic acids is 4. The third kappa shape index (κ3) is 7.76. The lowest BCUT2D eigenvalue weighted by molar-refractivity contribution is -0.320. The molecule has 0 saturated carbocycles. The smallest absolute Gasteiger partial charge is 0.308 e. The number of rotatable bonds is 12. The van der Waals surface area contributed by atoms with Crippen molar-refractivity contribution in [2.24, 2.45) is 0 Å². The molecule has 9 nitrogen and oxygen atoms in total. The maximum Gasteiger partial charge on any atom is 0.308 e. The summed E-state index contributed by atoms with van der Waals surface area (Å²) < 4.78 is 28.3. The molecule has 1 aliphatic rings. The molecule has 0 aliphatic carbocycles. The molecule has 0 amide bonds. The summed E-state index contributed by atoms with van der Waals surface area (Å²) in [6.07, 6.45) is -1.75. The van der Waals surface area contributed by atoms with Gasteiger partial charge in [0.1, 0.15) is 6.10 Å². The van der Waals surface area contributed by atoms with Crippen LogP contribution in [0.1, 0.15) is 92.9 Å². The van der Waals surface area contributed by atoms with Crippen LogP contribution in [0, 0.1) is 0 Å². The van der Waals surface area contributed by atoms with Crippen molar-refractivity contribution in [1.29, 1.82) is 0 Å². The van der Waals surface area contributed by atoms with E-state index in [1.165, 1.54) is 6.92 Å². The second-order valence-corrected chi connectivity index (χ2v) is 8.18. The SMILES string of the molecule is CCCC(=O)OC1O[C@@H](C)[C@@H](OC(=O)CCC)[C@](C)(OC(=O)CCC)[C@@H]1OC(=O)CCC. The van der Waals surface area contributed by atoms with Gasteiger partial charge >= 0.3 is 23.9 Å². The lowest BCUT2D eigenvalue weighted by atomic mass is 9.85. The molecule has 1 aliphatic heterocycles. The highest BCUT2D eigenvalue weighted by molar-refractivity contribution is 5.72.